The van der Waals surface area contributed by atoms with Gasteiger partial charge in [0.25, 0.3) is 5.91 Å². The van der Waals surface area contributed by atoms with E-state index in [4.69, 9.17) is 4.74 Å². The minimum atomic E-state index is -0.452. The lowest BCUT2D eigenvalue weighted by molar-refractivity contribution is -0.124. The maximum Gasteiger partial charge on any atom is 0.348 e. The highest BCUT2D eigenvalue weighted by Gasteiger charge is 2.11. The number of esters is 1. The number of thioether (sulfide) groups is 1. The van der Waals surface area contributed by atoms with Crippen LogP contribution in [0.15, 0.2) is 47.4 Å². The van der Waals surface area contributed by atoms with Gasteiger partial charge in [0.2, 0.25) is 0 Å². The maximum atomic E-state index is 11.7. The lowest BCUT2D eigenvalue weighted by Crippen LogP contribution is -2.30. The summed E-state index contributed by atoms with van der Waals surface area (Å²) >= 11 is 3.02. The summed E-state index contributed by atoms with van der Waals surface area (Å²) in [6.45, 7) is 2.21. The van der Waals surface area contributed by atoms with Crippen molar-refractivity contribution < 1.29 is 14.3 Å². The monoisotopic (exact) mass is 335 g/mol. The van der Waals surface area contributed by atoms with Crippen molar-refractivity contribution >= 4 is 35.0 Å². The van der Waals surface area contributed by atoms with Crippen molar-refractivity contribution in [1.82, 2.24) is 5.32 Å². The molecule has 1 aromatic carbocycles. The number of nitrogens with one attached hydrogen (secondary N) is 1. The highest BCUT2D eigenvalue weighted by atomic mass is 32.2. The number of benzene rings is 1. The van der Waals surface area contributed by atoms with Gasteiger partial charge in [-0.05, 0) is 31.2 Å². The summed E-state index contributed by atoms with van der Waals surface area (Å²) in [7, 11) is 0. The standard InChI is InChI=1S/C16H17NO3S2/c1-12-7-8-14(22-12)16(19)20-11-15(18)17-9-10-21-13-5-3-2-4-6-13/h2-8H,9-11H2,1H3,(H,17,18). The van der Waals surface area contributed by atoms with Crippen molar-refractivity contribution in [2.24, 2.45) is 0 Å². The van der Waals surface area contributed by atoms with Gasteiger partial charge in [-0.3, -0.25) is 4.79 Å². The molecule has 1 aromatic heterocycles. The zero-order chi connectivity index (χ0) is 15.8. The SMILES string of the molecule is Cc1ccc(C(=O)OCC(=O)NCCSc2ccccc2)s1. The fourth-order valence-electron chi connectivity index (χ4n) is 1.67. The van der Waals surface area contributed by atoms with Gasteiger partial charge in [0, 0.05) is 22.1 Å². The van der Waals surface area contributed by atoms with Gasteiger partial charge in [-0.1, -0.05) is 18.2 Å². The van der Waals surface area contributed by atoms with Crippen molar-refractivity contribution in [1.29, 1.82) is 0 Å². The molecular formula is C16H17NO3S2. The molecule has 0 aliphatic carbocycles. The Labute approximate surface area is 137 Å². The number of carbonyl (C=O) groups is 2. The van der Waals surface area contributed by atoms with Crippen LogP contribution in [0.1, 0.15) is 14.5 Å². The van der Waals surface area contributed by atoms with Crippen molar-refractivity contribution in [2.45, 2.75) is 11.8 Å². The molecule has 6 heteroatoms. The first-order valence-electron chi connectivity index (χ1n) is 6.83. The molecule has 1 N–H and O–H groups in total. The molecule has 0 atom stereocenters. The van der Waals surface area contributed by atoms with Gasteiger partial charge in [-0.25, -0.2) is 4.79 Å². The second-order valence-electron chi connectivity index (χ2n) is 4.50. The van der Waals surface area contributed by atoms with E-state index in [1.807, 2.05) is 43.3 Å². The first-order valence-corrected chi connectivity index (χ1v) is 8.63. The molecule has 1 heterocycles. The van der Waals surface area contributed by atoms with Gasteiger partial charge in [0.1, 0.15) is 4.88 Å². The number of hydrogen-bond acceptors (Lipinski definition) is 5. The van der Waals surface area contributed by atoms with E-state index in [-0.39, 0.29) is 12.5 Å². The number of aryl methyl sites for hydroxylation is 1. The van der Waals surface area contributed by atoms with E-state index in [1.165, 1.54) is 11.3 Å². The summed E-state index contributed by atoms with van der Waals surface area (Å²) in [4.78, 5) is 26.0. The molecule has 2 rings (SSSR count). The minimum Gasteiger partial charge on any atom is -0.451 e. The van der Waals surface area contributed by atoms with Gasteiger partial charge in [0.05, 0.1) is 0 Å². The predicted octanol–water partition coefficient (Wildman–Crippen LogP) is 3.12. The summed E-state index contributed by atoms with van der Waals surface area (Å²) in [5.74, 6) is 0.0376. The molecule has 4 nitrogen and oxygen atoms in total. The Morgan fingerprint density at radius 2 is 1.95 bits per heavy atom. The summed E-state index contributed by atoms with van der Waals surface area (Å²) in [5, 5.41) is 2.73. The molecule has 0 bridgehead atoms. The highest BCUT2D eigenvalue weighted by molar-refractivity contribution is 7.99. The van der Waals surface area contributed by atoms with Gasteiger partial charge < -0.3 is 10.1 Å². The van der Waals surface area contributed by atoms with Crippen LogP contribution in [0.25, 0.3) is 0 Å². The number of thiophene rings is 1. The number of rotatable bonds is 7. The topological polar surface area (TPSA) is 55.4 Å². The molecule has 0 unspecified atom stereocenters. The second kappa shape index (κ2) is 8.60. The third kappa shape index (κ3) is 5.54. The molecule has 0 aliphatic heterocycles. The van der Waals surface area contributed by atoms with E-state index in [9.17, 15) is 9.59 Å². The first kappa shape index (κ1) is 16.6. The Hall–Kier alpha value is -1.79. The van der Waals surface area contributed by atoms with Crippen LogP contribution in [-0.2, 0) is 9.53 Å². The zero-order valence-electron chi connectivity index (χ0n) is 12.2. The number of ether oxygens (including phenoxy) is 1. The second-order valence-corrected chi connectivity index (χ2v) is 6.95. The Balaban J connectivity index is 1.61. The summed E-state index contributed by atoms with van der Waals surface area (Å²) < 4.78 is 4.97. The van der Waals surface area contributed by atoms with E-state index in [0.29, 0.717) is 11.4 Å². The van der Waals surface area contributed by atoms with Crippen LogP contribution in [0.3, 0.4) is 0 Å². The van der Waals surface area contributed by atoms with Crippen LogP contribution < -0.4 is 5.32 Å². The normalized spacial score (nSPS) is 10.2. The molecule has 0 saturated carbocycles. The summed E-state index contributed by atoms with van der Waals surface area (Å²) in [5.41, 5.74) is 0. The van der Waals surface area contributed by atoms with Gasteiger partial charge in [-0.2, -0.15) is 0 Å². The Morgan fingerprint density at radius 1 is 1.18 bits per heavy atom. The van der Waals surface area contributed by atoms with Crippen LogP contribution >= 0.6 is 23.1 Å². The van der Waals surface area contributed by atoms with Crippen LogP contribution in [0.5, 0.6) is 0 Å². The number of amides is 1. The van der Waals surface area contributed by atoms with Gasteiger partial charge in [0.15, 0.2) is 6.61 Å². The molecule has 0 radical (unpaired) electrons. The molecule has 0 aliphatic rings. The third-order valence-electron chi connectivity index (χ3n) is 2.71. The van der Waals surface area contributed by atoms with Gasteiger partial charge in [-0.15, -0.1) is 23.1 Å². The number of carbonyl (C=O) groups excluding carboxylic acids is 2. The lowest BCUT2D eigenvalue weighted by atomic mass is 10.4. The molecule has 22 heavy (non-hydrogen) atoms. The van der Waals surface area contributed by atoms with Crippen molar-refractivity contribution in [2.75, 3.05) is 18.9 Å². The van der Waals surface area contributed by atoms with Crippen molar-refractivity contribution in [3.63, 3.8) is 0 Å². The largest absolute Gasteiger partial charge is 0.451 e. The zero-order valence-corrected chi connectivity index (χ0v) is 13.8. The van der Waals surface area contributed by atoms with Crippen molar-refractivity contribution in [3.05, 3.63) is 52.2 Å². The average Bonchev–Trinajstić information content (AvgIpc) is 2.97. The van der Waals surface area contributed by atoms with Crippen LogP contribution in [-0.4, -0.2) is 30.8 Å². The minimum absolute atomic E-state index is 0.244. The van der Waals surface area contributed by atoms with Crippen LogP contribution in [0, 0.1) is 6.92 Å². The fourth-order valence-corrected chi connectivity index (χ4v) is 3.22. The summed E-state index contributed by atoms with van der Waals surface area (Å²) in [6.07, 6.45) is 0. The van der Waals surface area contributed by atoms with E-state index < -0.39 is 5.97 Å². The molecule has 0 fully saturated rings. The van der Waals surface area contributed by atoms with E-state index >= 15 is 0 Å². The maximum absolute atomic E-state index is 11.7. The lowest BCUT2D eigenvalue weighted by Gasteiger charge is -2.06. The Bertz CT molecular complexity index is 625. The predicted molar refractivity (Wildman–Crippen MR) is 89.5 cm³/mol. The number of hydrogen-bond donors (Lipinski definition) is 1. The molecular weight excluding hydrogens is 318 g/mol. The molecule has 2 aromatic rings. The van der Waals surface area contributed by atoms with E-state index in [0.717, 1.165) is 15.5 Å². The van der Waals surface area contributed by atoms with Crippen LogP contribution in [0.2, 0.25) is 0 Å². The summed E-state index contributed by atoms with van der Waals surface area (Å²) in [6, 6.07) is 13.5. The van der Waals surface area contributed by atoms with Crippen molar-refractivity contribution in [3.8, 4) is 0 Å². The molecule has 0 saturated heterocycles. The third-order valence-corrected chi connectivity index (χ3v) is 4.71. The smallest absolute Gasteiger partial charge is 0.348 e. The van der Waals surface area contributed by atoms with E-state index in [1.54, 1.807) is 17.8 Å². The quantitative estimate of drug-likeness (QED) is 0.480. The molecule has 1 amide bonds. The Kier molecular flexibility index (Phi) is 6.48. The fraction of sp³-hybridized carbons (Fsp3) is 0.250. The molecule has 116 valence electrons. The highest BCUT2D eigenvalue weighted by Crippen LogP contribution is 2.16. The average molecular weight is 335 g/mol. The first-order chi connectivity index (χ1) is 10.6. The van der Waals surface area contributed by atoms with Crippen LogP contribution in [0.4, 0.5) is 0 Å². The Morgan fingerprint density at radius 3 is 2.64 bits per heavy atom. The van der Waals surface area contributed by atoms with E-state index in [2.05, 4.69) is 5.32 Å². The van der Waals surface area contributed by atoms with Gasteiger partial charge >= 0.3 is 5.97 Å². The molecule has 0 spiro atoms.